The first-order valence-electron chi connectivity index (χ1n) is 10.8. The summed E-state index contributed by atoms with van der Waals surface area (Å²) in [6.45, 7) is 10.2. The fraction of sp³-hybridized carbons (Fsp3) is 0.565. The molecule has 2 heterocycles. The van der Waals surface area contributed by atoms with E-state index >= 15 is 0 Å². The minimum absolute atomic E-state index is 0.109. The van der Waals surface area contributed by atoms with Crippen LogP contribution in [0, 0.1) is 6.92 Å². The zero-order chi connectivity index (χ0) is 21.0. The Balaban J connectivity index is 2.24. The highest BCUT2D eigenvalue weighted by Gasteiger charge is 2.28. The molecule has 1 aromatic heterocycles. The molecule has 0 bridgehead atoms. The van der Waals surface area contributed by atoms with E-state index in [1.54, 1.807) is 9.36 Å². The van der Waals surface area contributed by atoms with Gasteiger partial charge in [-0.25, -0.2) is 9.36 Å². The average molecular weight is 401 g/mol. The van der Waals surface area contributed by atoms with Gasteiger partial charge in [0.2, 0.25) is 5.88 Å². The Morgan fingerprint density at radius 1 is 1.03 bits per heavy atom. The van der Waals surface area contributed by atoms with Crippen LogP contribution in [-0.2, 0) is 35.5 Å². The van der Waals surface area contributed by atoms with E-state index in [2.05, 4.69) is 32.9 Å². The van der Waals surface area contributed by atoms with Crippen LogP contribution in [0.4, 0.5) is 0 Å². The molecule has 0 saturated carbocycles. The van der Waals surface area contributed by atoms with Gasteiger partial charge >= 0.3 is 5.97 Å². The lowest BCUT2D eigenvalue weighted by Gasteiger charge is -2.16. The molecule has 29 heavy (non-hydrogen) atoms. The summed E-state index contributed by atoms with van der Waals surface area (Å²) in [4.78, 5) is 26.0. The first kappa shape index (κ1) is 21.4. The number of benzene rings is 1. The van der Waals surface area contributed by atoms with Crippen molar-refractivity contribution in [2.24, 2.45) is 0 Å². The lowest BCUT2D eigenvalue weighted by Crippen LogP contribution is -2.24. The predicted octanol–water partition coefficient (Wildman–Crippen LogP) is 3.88. The van der Waals surface area contributed by atoms with Crippen molar-refractivity contribution in [3.8, 4) is 17.0 Å². The number of ether oxygens (including phenoxy) is 2. The van der Waals surface area contributed by atoms with Crippen LogP contribution in [0.25, 0.3) is 11.1 Å². The number of aryl methyl sites for hydroxylation is 3. The first-order valence-corrected chi connectivity index (χ1v) is 10.8. The summed E-state index contributed by atoms with van der Waals surface area (Å²) < 4.78 is 14.9. The smallest absolute Gasteiger partial charge is 0.312 e. The van der Waals surface area contributed by atoms with Crippen LogP contribution in [0.15, 0.2) is 16.9 Å². The number of carbonyl (C=O) groups excluding carboxylic acids is 1. The van der Waals surface area contributed by atoms with Crippen LogP contribution in [0.5, 0.6) is 5.88 Å². The first-order chi connectivity index (χ1) is 14.0. The summed E-state index contributed by atoms with van der Waals surface area (Å²) in [7, 11) is 0. The molecule has 6 nitrogen and oxygen atoms in total. The van der Waals surface area contributed by atoms with Gasteiger partial charge in [-0.1, -0.05) is 44.9 Å². The molecule has 1 aromatic carbocycles. The Kier molecular flexibility index (Phi) is 6.96. The Hall–Kier alpha value is -2.34. The largest absolute Gasteiger partial charge is 0.407 e. The number of rotatable bonds is 7. The normalized spacial score (nSPS) is 13.8. The Labute approximate surface area is 172 Å². The highest BCUT2D eigenvalue weighted by atomic mass is 16.5. The van der Waals surface area contributed by atoms with Crippen molar-refractivity contribution in [3.63, 3.8) is 0 Å². The fourth-order valence-electron chi connectivity index (χ4n) is 4.04. The van der Waals surface area contributed by atoms with Gasteiger partial charge in [0, 0.05) is 6.42 Å². The average Bonchev–Trinajstić information content (AvgIpc) is 2.88. The van der Waals surface area contributed by atoms with Crippen molar-refractivity contribution in [2.45, 2.75) is 72.9 Å². The topological polar surface area (TPSA) is 62.5 Å². The maximum Gasteiger partial charge on any atom is 0.312 e. The number of esters is 1. The summed E-state index contributed by atoms with van der Waals surface area (Å²) in [6.07, 6.45) is 3.65. The summed E-state index contributed by atoms with van der Waals surface area (Å²) in [5.74, 6) is 0.0808. The Morgan fingerprint density at radius 3 is 2.24 bits per heavy atom. The highest BCUT2D eigenvalue weighted by molar-refractivity contribution is 5.80. The van der Waals surface area contributed by atoms with E-state index in [9.17, 15) is 9.59 Å². The standard InChI is InChI=1S/C23H32N2O4/c1-5-8-9-19(26)29-23-21(22(27)24-10-12-28-13-11-25(23)24)20-17(6-2)14-16(4)15-18(20)7-3/h14-15H,5-13H2,1-4H3. The van der Waals surface area contributed by atoms with Gasteiger partial charge in [-0.2, -0.15) is 0 Å². The molecule has 6 heteroatoms. The SMILES string of the molecule is CCCCC(=O)Oc1c(-c2c(CC)cc(C)cc2CC)c(=O)n2n1CCOCC2. The second-order valence-electron chi connectivity index (χ2n) is 7.59. The number of fused-ring (bicyclic) bond motifs is 1. The maximum absolute atomic E-state index is 13.5. The molecule has 0 saturated heterocycles. The van der Waals surface area contributed by atoms with Gasteiger partial charge in [-0.3, -0.25) is 9.59 Å². The molecule has 0 N–H and O–H groups in total. The fourth-order valence-corrected chi connectivity index (χ4v) is 4.04. The number of aromatic nitrogens is 2. The highest BCUT2D eigenvalue weighted by Crippen LogP contribution is 2.35. The minimum Gasteiger partial charge on any atom is -0.407 e. The summed E-state index contributed by atoms with van der Waals surface area (Å²) in [5.41, 5.74) is 4.74. The number of carbonyl (C=O) groups is 1. The Bertz CT molecular complexity index is 914. The molecular formula is C23H32N2O4. The van der Waals surface area contributed by atoms with Crippen LogP contribution >= 0.6 is 0 Å². The van der Waals surface area contributed by atoms with Gasteiger partial charge in [-0.05, 0) is 42.9 Å². The van der Waals surface area contributed by atoms with E-state index < -0.39 is 0 Å². The molecule has 0 aliphatic carbocycles. The van der Waals surface area contributed by atoms with Crippen LogP contribution in [0.1, 0.15) is 56.7 Å². The van der Waals surface area contributed by atoms with Gasteiger partial charge in [0.05, 0.1) is 26.3 Å². The van der Waals surface area contributed by atoms with E-state index in [-0.39, 0.29) is 11.5 Å². The van der Waals surface area contributed by atoms with Crippen molar-refractivity contribution in [1.29, 1.82) is 0 Å². The molecule has 0 spiro atoms. The van der Waals surface area contributed by atoms with Crippen molar-refractivity contribution in [3.05, 3.63) is 39.2 Å². The van der Waals surface area contributed by atoms with Crippen molar-refractivity contribution < 1.29 is 14.3 Å². The molecule has 0 radical (unpaired) electrons. The van der Waals surface area contributed by atoms with Crippen LogP contribution in [-0.4, -0.2) is 28.5 Å². The van der Waals surface area contributed by atoms with Crippen LogP contribution in [0.3, 0.4) is 0 Å². The van der Waals surface area contributed by atoms with E-state index in [0.29, 0.717) is 44.2 Å². The second kappa shape index (κ2) is 9.44. The second-order valence-corrected chi connectivity index (χ2v) is 7.59. The molecule has 2 aromatic rings. The molecule has 0 amide bonds. The predicted molar refractivity (Wildman–Crippen MR) is 114 cm³/mol. The number of hydrogen-bond donors (Lipinski definition) is 0. The molecule has 0 atom stereocenters. The maximum atomic E-state index is 13.5. The van der Waals surface area contributed by atoms with Gasteiger partial charge in [-0.15, -0.1) is 0 Å². The molecule has 1 aliphatic rings. The lowest BCUT2D eigenvalue weighted by atomic mass is 9.91. The monoisotopic (exact) mass is 400 g/mol. The van der Waals surface area contributed by atoms with E-state index in [1.807, 2.05) is 6.92 Å². The van der Waals surface area contributed by atoms with Gasteiger partial charge in [0.1, 0.15) is 5.56 Å². The quantitative estimate of drug-likeness (QED) is 0.662. The number of unbranched alkanes of at least 4 members (excludes halogenated alkanes) is 1. The minimum atomic E-state index is -0.289. The van der Waals surface area contributed by atoms with E-state index in [0.717, 1.165) is 42.4 Å². The number of hydrogen-bond acceptors (Lipinski definition) is 4. The third kappa shape index (κ3) is 4.32. The van der Waals surface area contributed by atoms with E-state index in [4.69, 9.17) is 9.47 Å². The molecule has 1 aliphatic heterocycles. The van der Waals surface area contributed by atoms with Crippen LogP contribution < -0.4 is 10.3 Å². The van der Waals surface area contributed by atoms with Crippen molar-refractivity contribution in [2.75, 3.05) is 13.2 Å². The van der Waals surface area contributed by atoms with Crippen molar-refractivity contribution in [1.82, 2.24) is 9.36 Å². The summed E-state index contributed by atoms with van der Waals surface area (Å²) >= 11 is 0. The molecule has 3 rings (SSSR count). The van der Waals surface area contributed by atoms with Gasteiger partial charge in [0.25, 0.3) is 5.56 Å². The zero-order valence-corrected chi connectivity index (χ0v) is 18.0. The number of nitrogens with zero attached hydrogens (tertiary/aromatic N) is 2. The molecule has 0 unspecified atom stereocenters. The molecular weight excluding hydrogens is 368 g/mol. The van der Waals surface area contributed by atoms with E-state index in [1.165, 1.54) is 5.56 Å². The zero-order valence-electron chi connectivity index (χ0n) is 18.0. The molecule has 0 fully saturated rings. The third-order valence-corrected chi connectivity index (χ3v) is 5.49. The van der Waals surface area contributed by atoms with Gasteiger partial charge in [0.15, 0.2) is 0 Å². The third-order valence-electron chi connectivity index (χ3n) is 5.49. The summed E-state index contributed by atoms with van der Waals surface area (Å²) in [6, 6.07) is 4.26. The van der Waals surface area contributed by atoms with Crippen LogP contribution in [0.2, 0.25) is 0 Å². The Morgan fingerprint density at radius 2 is 1.66 bits per heavy atom. The van der Waals surface area contributed by atoms with Gasteiger partial charge < -0.3 is 9.47 Å². The molecule has 158 valence electrons. The summed E-state index contributed by atoms with van der Waals surface area (Å²) in [5, 5.41) is 0. The lowest BCUT2D eigenvalue weighted by molar-refractivity contribution is -0.135. The van der Waals surface area contributed by atoms with Crippen molar-refractivity contribution >= 4 is 5.97 Å².